The first-order valence-corrected chi connectivity index (χ1v) is 4.69. The average Bonchev–Trinajstić information content (AvgIpc) is 2.47. The number of aliphatic imine (C=N–C) groups is 2. The predicted molar refractivity (Wildman–Crippen MR) is 50.9 cm³/mol. The molecule has 1 N–H and O–H groups in total. The van der Waals surface area contributed by atoms with Gasteiger partial charge in [0, 0.05) is 18.1 Å². The first kappa shape index (κ1) is 8.41. The van der Waals surface area contributed by atoms with E-state index < -0.39 is 0 Å². The number of fused-ring (bicyclic) bond motifs is 1. The third-order valence-electron chi connectivity index (χ3n) is 2.48. The van der Waals surface area contributed by atoms with Gasteiger partial charge in [0.25, 0.3) is 0 Å². The summed E-state index contributed by atoms with van der Waals surface area (Å²) in [5.74, 6) is 0.315. The highest BCUT2D eigenvalue weighted by Crippen LogP contribution is 2.23. The minimum absolute atomic E-state index is 0.0356. The summed E-state index contributed by atoms with van der Waals surface area (Å²) < 4.78 is 0. The Hall–Kier alpha value is -1.19. The molecule has 0 aliphatic carbocycles. The van der Waals surface area contributed by atoms with Crippen molar-refractivity contribution in [2.24, 2.45) is 15.9 Å². The molecular weight excluding hydrogens is 166 g/mol. The molecular formula is C9H13N3O. The molecule has 0 aromatic carbocycles. The molecule has 0 aromatic rings. The normalized spacial score (nSPS) is 31.2. The molecule has 0 aromatic heterocycles. The number of carbonyl (C=O) groups is 1. The van der Waals surface area contributed by atoms with Crippen LogP contribution < -0.4 is 5.32 Å². The predicted octanol–water partition coefficient (Wildman–Crippen LogP) is 0.732. The number of nitrogens with zero attached hydrogens (tertiary/aromatic N) is 2. The Morgan fingerprint density at radius 1 is 1.69 bits per heavy atom. The Morgan fingerprint density at radius 2 is 2.54 bits per heavy atom. The second-order valence-electron chi connectivity index (χ2n) is 3.46. The number of amides is 1. The van der Waals surface area contributed by atoms with E-state index in [9.17, 15) is 4.79 Å². The van der Waals surface area contributed by atoms with E-state index in [1.807, 2.05) is 0 Å². The van der Waals surface area contributed by atoms with Gasteiger partial charge in [-0.15, -0.1) is 0 Å². The van der Waals surface area contributed by atoms with Crippen molar-refractivity contribution >= 4 is 18.0 Å². The molecule has 2 atom stereocenters. The molecule has 2 rings (SSSR count). The van der Waals surface area contributed by atoms with Gasteiger partial charge in [-0.1, -0.05) is 13.3 Å². The minimum Gasteiger partial charge on any atom is -0.334 e. The van der Waals surface area contributed by atoms with Gasteiger partial charge < -0.3 is 5.32 Å². The maximum Gasteiger partial charge on any atom is 0.222 e. The van der Waals surface area contributed by atoms with Gasteiger partial charge in [-0.25, -0.2) is 9.98 Å². The molecule has 0 bridgehead atoms. The number of carbonyl (C=O) groups excluding carboxylic acids is 1. The van der Waals surface area contributed by atoms with Gasteiger partial charge in [-0.2, -0.15) is 0 Å². The van der Waals surface area contributed by atoms with E-state index in [2.05, 4.69) is 22.2 Å². The second kappa shape index (κ2) is 3.28. The lowest BCUT2D eigenvalue weighted by atomic mass is 9.95. The summed E-state index contributed by atoms with van der Waals surface area (Å²) in [5, 5.41) is 2.83. The van der Waals surface area contributed by atoms with Crippen LogP contribution in [-0.4, -0.2) is 24.1 Å². The number of hydrogen-bond acceptors (Lipinski definition) is 3. The average molecular weight is 179 g/mol. The lowest BCUT2D eigenvalue weighted by Gasteiger charge is -2.19. The van der Waals surface area contributed by atoms with Gasteiger partial charge in [0.05, 0.1) is 0 Å². The summed E-state index contributed by atoms with van der Waals surface area (Å²) in [6, 6.07) is 0. The van der Waals surface area contributed by atoms with Gasteiger partial charge >= 0.3 is 0 Å². The van der Waals surface area contributed by atoms with Crippen LogP contribution in [0.1, 0.15) is 26.2 Å². The SMILES string of the molecule is CCCC1=NC=NC2NC(=O)CC12. The Labute approximate surface area is 77.1 Å². The van der Waals surface area contributed by atoms with Crippen LogP contribution in [0.5, 0.6) is 0 Å². The summed E-state index contributed by atoms with van der Waals surface area (Å²) >= 11 is 0. The van der Waals surface area contributed by atoms with Crippen molar-refractivity contribution in [2.75, 3.05) is 0 Å². The summed E-state index contributed by atoms with van der Waals surface area (Å²) in [5.41, 5.74) is 1.13. The van der Waals surface area contributed by atoms with Crippen LogP contribution >= 0.6 is 0 Å². The van der Waals surface area contributed by atoms with Crippen molar-refractivity contribution in [3.8, 4) is 0 Å². The Balaban J connectivity index is 2.15. The molecule has 2 aliphatic heterocycles. The zero-order valence-electron chi connectivity index (χ0n) is 7.66. The van der Waals surface area contributed by atoms with Crippen LogP contribution in [-0.2, 0) is 4.79 Å². The molecule has 1 fully saturated rings. The maximum atomic E-state index is 11.1. The Bertz CT molecular complexity index is 283. The van der Waals surface area contributed by atoms with E-state index in [0.29, 0.717) is 6.42 Å². The van der Waals surface area contributed by atoms with Crippen molar-refractivity contribution in [2.45, 2.75) is 32.4 Å². The van der Waals surface area contributed by atoms with Crippen LogP contribution in [0.25, 0.3) is 0 Å². The summed E-state index contributed by atoms with van der Waals surface area (Å²) in [6.07, 6.45) is 4.14. The monoisotopic (exact) mass is 179 g/mol. The van der Waals surface area contributed by atoms with Gasteiger partial charge in [-0.05, 0) is 6.42 Å². The lowest BCUT2D eigenvalue weighted by molar-refractivity contribution is -0.119. The summed E-state index contributed by atoms with van der Waals surface area (Å²) in [6.45, 7) is 2.12. The quantitative estimate of drug-likeness (QED) is 0.667. The first-order chi connectivity index (χ1) is 6.31. The van der Waals surface area contributed by atoms with Crippen molar-refractivity contribution in [1.29, 1.82) is 0 Å². The van der Waals surface area contributed by atoms with E-state index in [0.717, 1.165) is 18.6 Å². The fourth-order valence-electron chi connectivity index (χ4n) is 1.86. The third kappa shape index (κ3) is 1.48. The molecule has 4 heteroatoms. The molecule has 2 heterocycles. The van der Waals surface area contributed by atoms with E-state index >= 15 is 0 Å². The molecule has 0 saturated carbocycles. The van der Waals surface area contributed by atoms with E-state index in [1.165, 1.54) is 0 Å². The van der Waals surface area contributed by atoms with Crippen LogP contribution in [0.15, 0.2) is 9.98 Å². The zero-order chi connectivity index (χ0) is 9.26. The van der Waals surface area contributed by atoms with Crippen LogP contribution in [0.4, 0.5) is 0 Å². The third-order valence-corrected chi connectivity index (χ3v) is 2.48. The van der Waals surface area contributed by atoms with Crippen molar-refractivity contribution in [1.82, 2.24) is 5.32 Å². The summed E-state index contributed by atoms with van der Waals surface area (Å²) in [4.78, 5) is 19.5. The second-order valence-corrected chi connectivity index (χ2v) is 3.46. The highest BCUT2D eigenvalue weighted by atomic mass is 16.2. The van der Waals surface area contributed by atoms with E-state index in [1.54, 1.807) is 6.34 Å². The highest BCUT2D eigenvalue weighted by molar-refractivity contribution is 5.99. The molecule has 1 amide bonds. The fraction of sp³-hybridized carbons (Fsp3) is 0.667. The molecule has 0 spiro atoms. The number of rotatable bonds is 2. The van der Waals surface area contributed by atoms with E-state index in [-0.39, 0.29) is 18.0 Å². The standard InChI is InChI=1S/C9H13N3O/c1-2-3-7-6-4-8(13)12-9(6)11-5-10-7/h5-6,9H,2-4H2,1H3,(H,12,13). The molecule has 0 radical (unpaired) electrons. The van der Waals surface area contributed by atoms with Gasteiger partial charge in [0.1, 0.15) is 12.5 Å². The van der Waals surface area contributed by atoms with Crippen molar-refractivity contribution in [3.05, 3.63) is 0 Å². The van der Waals surface area contributed by atoms with Gasteiger partial charge in [0.2, 0.25) is 5.91 Å². The largest absolute Gasteiger partial charge is 0.334 e. The number of nitrogens with one attached hydrogen (secondary N) is 1. The zero-order valence-corrected chi connectivity index (χ0v) is 7.66. The van der Waals surface area contributed by atoms with Crippen LogP contribution in [0.3, 0.4) is 0 Å². The Morgan fingerprint density at radius 3 is 3.31 bits per heavy atom. The molecule has 13 heavy (non-hydrogen) atoms. The fourth-order valence-corrected chi connectivity index (χ4v) is 1.86. The van der Waals surface area contributed by atoms with Crippen LogP contribution in [0.2, 0.25) is 0 Å². The van der Waals surface area contributed by atoms with Gasteiger partial charge in [-0.3, -0.25) is 4.79 Å². The molecule has 2 aliphatic rings. The summed E-state index contributed by atoms with van der Waals surface area (Å²) in [7, 11) is 0. The first-order valence-electron chi connectivity index (χ1n) is 4.69. The smallest absolute Gasteiger partial charge is 0.222 e. The molecule has 4 nitrogen and oxygen atoms in total. The number of hydrogen-bond donors (Lipinski definition) is 1. The molecule has 2 unspecified atom stereocenters. The minimum atomic E-state index is -0.0356. The maximum absolute atomic E-state index is 11.1. The topological polar surface area (TPSA) is 53.8 Å². The van der Waals surface area contributed by atoms with Gasteiger partial charge in [0.15, 0.2) is 0 Å². The molecule has 1 saturated heterocycles. The Kier molecular flexibility index (Phi) is 2.12. The van der Waals surface area contributed by atoms with E-state index in [4.69, 9.17) is 0 Å². The van der Waals surface area contributed by atoms with Crippen LogP contribution in [0, 0.1) is 5.92 Å². The molecule has 70 valence electrons. The lowest BCUT2D eigenvalue weighted by Crippen LogP contribution is -2.32. The highest BCUT2D eigenvalue weighted by Gasteiger charge is 2.36. The van der Waals surface area contributed by atoms with Crippen molar-refractivity contribution < 1.29 is 4.79 Å². The van der Waals surface area contributed by atoms with Crippen molar-refractivity contribution in [3.63, 3.8) is 0 Å².